The van der Waals surface area contributed by atoms with Crippen LogP contribution in [-0.4, -0.2) is 12.5 Å². The van der Waals surface area contributed by atoms with Crippen molar-refractivity contribution in [3.63, 3.8) is 0 Å². The molecule has 0 aliphatic rings. The van der Waals surface area contributed by atoms with Crippen molar-refractivity contribution < 1.29 is 9.18 Å². The van der Waals surface area contributed by atoms with Gasteiger partial charge in [-0.1, -0.05) is 30.3 Å². The summed E-state index contributed by atoms with van der Waals surface area (Å²) in [6, 6.07) is 12.5. The molecule has 0 fully saturated rings. The summed E-state index contributed by atoms with van der Waals surface area (Å²) >= 11 is 0. The Hall–Kier alpha value is -2.20. The van der Waals surface area contributed by atoms with E-state index in [1.54, 1.807) is 18.2 Å². The number of carbonyl (C=O) groups is 1. The average molecular weight is 300 g/mol. The summed E-state index contributed by atoms with van der Waals surface area (Å²) in [4.78, 5) is 11.9. The van der Waals surface area contributed by atoms with Crippen LogP contribution in [0.1, 0.15) is 23.1 Å². The first kappa shape index (κ1) is 16.2. The molecule has 22 heavy (non-hydrogen) atoms. The molecule has 0 heterocycles. The van der Waals surface area contributed by atoms with Crippen molar-refractivity contribution in [3.8, 4) is 0 Å². The summed E-state index contributed by atoms with van der Waals surface area (Å²) in [6.45, 7) is 4.93. The van der Waals surface area contributed by atoms with Crippen LogP contribution in [0.15, 0.2) is 42.5 Å². The summed E-state index contributed by atoms with van der Waals surface area (Å²) < 4.78 is 13.4. The summed E-state index contributed by atoms with van der Waals surface area (Å²) in [5.41, 5.74) is 3.68. The summed E-state index contributed by atoms with van der Waals surface area (Å²) in [7, 11) is 0. The molecule has 3 nitrogen and oxygen atoms in total. The van der Waals surface area contributed by atoms with Crippen LogP contribution in [0.5, 0.6) is 0 Å². The van der Waals surface area contributed by atoms with E-state index in [1.807, 2.05) is 32.0 Å². The molecule has 2 aromatic carbocycles. The summed E-state index contributed by atoms with van der Waals surface area (Å²) in [5.74, 6) is -0.274. The largest absolute Gasteiger partial charge is 0.326 e. The molecule has 0 aliphatic heterocycles. The molecule has 1 amide bonds. The number of amides is 1. The number of aryl methyl sites for hydroxylation is 1. The zero-order chi connectivity index (χ0) is 15.9. The van der Waals surface area contributed by atoms with Crippen LogP contribution in [0.2, 0.25) is 0 Å². The maximum atomic E-state index is 13.4. The highest BCUT2D eigenvalue weighted by Gasteiger charge is 2.06. The first-order valence-electron chi connectivity index (χ1n) is 7.38. The van der Waals surface area contributed by atoms with Crippen LogP contribution < -0.4 is 10.6 Å². The van der Waals surface area contributed by atoms with Crippen LogP contribution in [0.25, 0.3) is 0 Å². The number of benzene rings is 2. The van der Waals surface area contributed by atoms with Crippen LogP contribution >= 0.6 is 0 Å². The number of carbonyl (C=O) groups excluding carboxylic acids is 1. The zero-order valence-electron chi connectivity index (χ0n) is 12.9. The van der Waals surface area contributed by atoms with Crippen molar-refractivity contribution in [2.24, 2.45) is 0 Å². The van der Waals surface area contributed by atoms with Gasteiger partial charge in [-0.3, -0.25) is 4.79 Å². The summed E-state index contributed by atoms with van der Waals surface area (Å²) in [5, 5.41) is 5.99. The van der Waals surface area contributed by atoms with Crippen LogP contribution in [-0.2, 0) is 11.3 Å². The standard InChI is InChI=1S/C18H21FN2O/c1-13-6-5-9-17(14(13)2)21-18(22)10-11-20-12-15-7-3-4-8-16(15)19/h3-9,20H,10-12H2,1-2H3,(H,21,22). The fourth-order valence-corrected chi connectivity index (χ4v) is 2.17. The second-order valence-electron chi connectivity index (χ2n) is 5.31. The topological polar surface area (TPSA) is 41.1 Å². The highest BCUT2D eigenvalue weighted by atomic mass is 19.1. The van der Waals surface area contributed by atoms with E-state index >= 15 is 0 Å². The zero-order valence-corrected chi connectivity index (χ0v) is 12.9. The quantitative estimate of drug-likeness (QED) is 0.801. The lowest BCUT2D eigenvalue weighted by Crippen LogP contribution is -2.22. The molecular formula is C18H21FN2O. The predicted octanol–water partition coefficient (Wildman–Crippen LogP) is 3.56. The van der Waals surface area contributed by atoms with E-state index in [0.29, 0.717) is 25.1 Å². The van der Waals surface area contributed by atoms with E-state index in [2.05, 4.69) is 10.6 Å². The van der Waals surface area contributed by atoms with Gasteiger partial charge in [-0.15, -0.1) is 0 Å². The third kappa shape index (κ3) is 4.40. The van der Waals surface area contributed by atoms with E-state index < -0.39 is 0 Å². The minimum absolute atomic E-state index is 0.0465. The lowest BCUT2D eigenvalue weighted by Gasteiger charge is -2.10. The predicted molar refractivity (Wildman–Crippen MR) is 87.3 cm³/mol. The van der Waals surface area contributed by atoms with Gasteiger partial charge in [0.15, 0.2) is 0 Å². The van der Waals surface area contributed by atoms with Crippen molar-refractivity contribution in [2.45, 2.75) is 26.8 Å². The van der Waals surface area contributed by atoms with Gasteiger partial charge in [0.25, 0.3) is 0 Å². The van der Waals surface area contributed by atoms with Crippen LogP contribution in [0.4, 0.5) is 10.1 Å². The highest BCUT2D eigenvalue weighted by Crippen LogP contribution is 2.17. The maximum Gasteiger partial charge on any atom is 0.225 e. The number of anilines is 1. The lowest BCUT2D eigenvalue weighted by atomic mass is 10.1. The number of hydrogen-bond donors (Lipinski definition) is 2. The molecule has 0 bridgehead atoms. The Morgan fingerprint density at radius 1 is 1.09 bits per heavy atom. The fourth-order valence-electron chi connectivity index (χ4n) is 2.17. The van der Waals surface area contributed by atoms with Crippen molar-refractivity contribution >= 4 is 11.6 Å². The smallest absolute Gasteiger partial charge is 0.225 e. The van der Waals surface area contributed by atoms with Crippen molar-refractivity contribution in [2.75, 3.05) is 11.9 Å². The van der Waals surface area contributed by atoms with Gasteiger partial charge < -0.3 is 10.6 Å². The Labute approximate surface area is 130 Å². The molecule has 0 atom stereocenters. The second-order valence-corrected chi connectivity index (χ2v) is 5.31. The second kappa shape index (κ2) is 7.71. The first-order chi connectivity index (χ1) is 10.6. The molecule has 0 saturated carbocycles. The van der Waals surface area contributed by atoms with Gasteiger partial charge in [0, 0.05) is 30.8 Å². The monoisotopic (exact) mass is 300 g/mol. The van der Waals surface area contributed by atoms with Gasteiger partial charge in [0.05, 0.1) is 0 Å². The van der Waals surface area contributed by atoms with Crippen molar-refractivity contribution in [1.29, 1.82) is 0 Å². The number of rotatable bonds is 6. The van der Waals surface area contributed by atoms with Crippen molar-refractivity contribution in [1.82, 2.24) is 5.32 Å². The molecule has 2 aromatic rings. The van der Waals surface area contributed by atoms with E-state index in [4.69, 9.17) is 0 Å². The fraction of sp³-hybridized carbons (Fsp3) is 0.278. The van der Waals surface area contributed by atoms with Crippen LogP contribution in [0.3, 0.4) is 0 Å². The molecule has 0 aliphatic carbocycles. The third-order valence-corrected chi connectivity index (χ3v) is 3.68. The molecule has 4 heteroatoms. The Kier molecular flexibility index (Phi) is 5.67. The minimum atomic E-state index is -0.227. The molecular weight excluding hydrogens is 279 g/mol. The molecule has 2 N–H and O–H groups in total. The Morgan fingerprint density at radius 2 is 1.86 bits per heavy atom. The van der Waals surface area contributed by atoms with Gasteiger partial charge >= 0.3 is 0 Å². The number of halogens is 1. The highest BCUT2D eigenvalue weighted by molar-refractivity contribution is 5.91. The molecule has 0 spiro atoms. The summed E-state index contributed by atoms with van der Waals surface area (Å²) in [6.07, 6.45) is 0.349. The van der Waals surface area contributed by atoms with Gasteiger partial charge in [-0.05, 0) is 37.1 Å². The number of nitrogens with one attached hydrogen (secondary N) is 2. The molecule has 0 unspecified atom stereocenters. The molecule has 0 radical (unpaired) electrons. The third-order valence-electron chi connectivity index (χ3n) is 3.68. The molecule has 0 saturated heterocycles. The molecule has 2 rings (SSSR count). The van der Waals surface area contributed by atoms with E-state index in [9.17, 15) is 9.18 Å². The minimum Gasteiger partial charge on any atom is -0.326 e. The Balaban J connectivity index is 1.76. The van der Waals surface area contributed by atoms with Gasteiger partial charge in [0.1, 0.15) is 5.82 Å². The SMILES string of the molecule is Cc1cccc(NC(=O)CCNCc2ccccc2F)c1C. The Bertz CT molecular complexity index is 655. The first-order valence-corrected chi connectivity index (χ1v) is 7.38. The van der Waals surface area contributed by atoms with Crippen molar-refractivity contribution in [3.05, 3.63) is 65.0 Å². The Morgan fingerprint density at radius 3 is 2.64 bits per heavy atom. The average Bonchev–Trinajstić information content (AvgIpc) is 2.50. The molecule has 0 aromatic heterocycles. The molecule has 116 valence electrons. The van der Waals surface area contributed by atoms with Crippen LogP contribution in [0, 0.1) is 19.7 Å². The normalized spacial score (nSPS) is 10.5. The number of hydrogen-bond acceptors (Lipinski definition) is 2. The lowest BCUT2D eigenvalue weighted by molar-refractivity contribution is -0.116. The van der Waals surface area contributed by atoms with Gasteiger partial charge in [0.2, 0.25) is 5.91 Å². The van der Waals surface area contributed by atoms with Gasteiger partial charge in [-0.25, -0.2) is 4.39 Å². The van der Waals surface area contributed by atoms with E-state index in [0.717, 1.165) is 16.8 Å². The van der Waals surface area contributed by atoms with Gasteiger partial charge in [-0.2, -0.15) is 0 Å². The van der Waals surface area contributed by atoms with E-state index in [1.165, 1.54) is 6.07 Å². The van der Waals surface area contributed by atoms with E-state index in [-0.39, 0.29) is 11.7 Å². The maximum absolute atomic E-state index is 13.4.